The predicted molar refractivity (Wildman–Crippen MR) is 72.9 cm³/mol. The third-order valence-electron chi connectivity index (χ3n) is 2.44. The topological polar surface area (TPSA) is 105 Å². The van der Waals surface area contributed by atoms with Crippen LogP contribution >= 0.6 is 0 Å². The number of aliphatic imine (C=N–C) groups is 1. The van der Waals surface area contributed by atoms with Crippen molar-refractivity contribution in [3.63, 3.8) is 0 Å². The molecule has 8 heteroatoms. The van der Waals surface area contributed by atoms with Gasteiger partial charge in [-0.3, -0.25) is 9.71 Å². The number of carbonyl (C=O) groups excluding carboxylic acids is 1. The molecule has 0 aromatic heterocycles. The lowest BCUT2D eigenvalue weighted by Gasteiger charge is -2.07. The number of aliphatic hydroxyl groups excluding tert-OH is 1. The summed E-state index contributed by atoms with van der Waals surface area (Å²) in [6.45, 7) is 1.27. The highest BCUT2D eigenvalue weighted by atomic mass is 32.2. The Morgan fingerprint density at radius 2 is 2.05 bits per heavy atom. The minimum Gasteiger partial charge on any atom is -0.467 e. The molecule has 0 unspecified atom stereocenters. The molecule has 0 aliphatic rings. The number of aliphatic hydroxyl groups is 1. The number of methoxy groups -OCH3 is 1. The molecular formula is C12H16N2O5S. The largest absolute Gasteiger partial charge is 0.467 e. The summed E-state index contributed by atoms with van der Waals surface area (Å²) in [4.78, 5) is 14.8. The van der Waals surface area contributed by atoms with Gasteiger partial charge in [0.15, 0.2) is 6.04 Å². The van der Waals surface area contributed by atoms with Gasteiger partial charge in [-0.05, 0) is 19.1 Å². The Hall–Kier alpha value is -1.93. The Bertz CT molecular complexity index is 580. The van der Waals surface area contributed by atoms with E-state index in [4.69, 9.17) is 5.11 Å². The standard InChI is InChI=1S/C12H16N2O5S/c1-9-3-5-10(6-4-9)20(17,18)14-8-13-11(7-15)12(16)19-2/h3-6,8,11,15H,7H2,1-2H3,(H,13,14)/t11-/m0/s1. The molecule has 1 aromatic rings. The Morgan fingerprint density at radius 1 is 1.45 bits per heavy atom. The van der Waals surface area contributed by atoms with Crippen molar-refractivity contribution in [2.75, 3.05) is 13.7 Å². The molecule has 0 spiro atoms. The third-order valence-corrected chi connectivity index (χ3v) is 3.75. The average molecular weight is 300 g/mol. The van der Waals surface area contributed by atoms with Crippen LogP contribution < -0.4 is 4.72 Å². The van der Waals surface area contributed by atoms with E-state index in [0.717, 1.165) is 19.0 Å². The second-order valence-corrected chi connectivity index (χ2v) is 5.65. The van der Waals surface area contributed by atoms with Gasteiger partial charge in [0, 0.05) is 0 Å². The second kappa shape index (κ2) is 7.01. The highest BCUT2D eigenvalue weighted by Gasteiger charge is 2.16. The number of hydrogen-bond acceptors (Lipinski definition) is 6. The van der Waals surface area contributed by atoms with Gasteiger partial charge in [0.05, 0.1) is 25.0 Å². The van der Waals surface area contributed by atoms with E-state index in [1.54, 1.807) is 12.1 Å². The zero-order valence-corrected chi connectivity index (χ0v) is 11.9. The second-order valence-electron chi connectivity index (χ2n) is 3.93. The van der Waals surface area contributed by atoms with Crippen LogP contribution in [0.5, 0.6) is 0 Å². The van der Waals surface area contributed by atoms with Crippen molar-refractivity contribution >= 4 is 22.3 Å². The lowest BCUT2D eigenvalue weighted by atomic mass is 10.2. The van der Waals surface area contributed by atoms with Crippen LogP contribution in [0.25, 0.3) is 0 Å². The van der Waals surface area contributed by atoms with Crippen LogP contribution in [0.15, 0.2) is 34.2 Å². The molecule has 0 bridgehead atoms. The quantitative estimate of drug-likeness (QED) is 0.431. The number of nitrogens with one attached hydrogen (secondary N) is 1. The van der Waals surface area contributed by atoms with E-state index in [1.807, 2.05) is 6.92 Å². The fraction of sp³-hybridized carbons (Fsp3) is 0.333. The Kier molecular flexibility index (Phi) is 5.66. The molecule has 7 nitrogen and oxygen atoms in total. The number of ether oxygens (including phenoxy) is 1. The van der Waals surface area contributed by atoms with Crippen LogP contribution in [-0.4, -0.2) is 45.6 Å². The molecule has 0 radical (unpaired) electrons. The molecule has 2 N–H and O–H groups in total. The first kappa shape index (κ1) is 16.1. The Balaban J connectivity index is 2.77. The van der Waals surface area contributed by atoms with E-state index in [-0.39, 0.29) is 4.90 Å². The number of rotatable bonds is 6. The maximum atomic E-state index is 11.9. The summed E-state index contributed by atoms with van der Waals surface area (Å²) in [5.74, 6) is -0.752. The van der Waals surface area contributed by atoms with Crippen LogP contribution in [0.3, 0.4) is 0 Å². The van der Waals surface area contributed by atoms with Crippen molar-refractivity contribution in [2.24, 2.45) is 4.99 Å². The van der Waals surface area contributed by atoms with Crippen molar-refractivity contribution < 1.29 is 23.1 Å². The SMILES string of the molecule is COC(=O)[C@H](CO)N=CNS(=O)(=O)c1ccc(C)cc1. The molecule has 20 heavy (non-hydrogen) atoms. The Labute approximate surface area is 117 Å². The number of aryl methyl sites for hydroxylation is 1. The first-order valence-electron chi connectivity index (χ1n) is 5.70. The maximum Gasteiger partial charge on any atom is 0.333 e. The number of carbonyl (C=O) groups is 1. The van der Waals surface area contributed by atoms with E-state index < -0.39 is 28.6 Å². The summed E-state index contributed by atoms with van der Waals surface area (Å²) in [6.07, 6.45) is 0.854. The summed E-state index contributed by atoms with van der Waals surface area (Å²) in [6, 6.07) is 5.08. The molecule has 1 aromatic carbocycles. The number of hydrogen-bond donors (Lipinski definition) is 2. The number of nitrogens with zero attached hydrogens (tertiary/aromatic N) is 1. The summed E-state index contributed by atoms with van der Waals surface area (Å²) < 4.78 is 30.2. The van der Waals surface area contributed by atoms with E-state index in [9.17, 15) is 13.2 Å². The van der Waals surface area contributed by atoms with Crippen molar-refractivity contribution in [1.29, 1.82) is 0 Å². The van der Waals surface area contributed by atoms with Crippen molar-refractivity contribution in [3.05, 3.63) is 29.8 Å². The molecule has 0 saturated carbocycles. The minimum absolute atomic E-state index is 0.0770. The Morgan fingerprint density at radius 3 is 2.55 bits per heavy atom. The van der Waals surface area contributed by atoms with Gasteiger partial charge in [0.25, 0.3) is 10.0 Å². The van der Waals surface area contributed by atoms with Gasteiger partial charge < -0.3 is 9.84 Å². The van der Waals surface area contributed by atoms with Gasteiger partial charge in [-0.15, -0.1) is 0 Å². The van der Waals surface area contributed by atoms with Crippen molar-refractivity contribution in [1.82, 2.24) is 4.72 Å². The highest BCUT2D eigenvalue weighted by Crippen LogP contribution is 2.09. The molecule has 1 atom stereocenters. The molecule has 0 aliphatic carbocycles. The summed E-state index contributed by atoms with van der Waals surface area (Å²) in [5.41, 5.74) is 0.934. The van der Waals surface area contributed by atoms with Gasteiger partial charge in [0.1, 0.15) is 0 Å². The van der Waals surface area contributed by atoms with Gasteiger partial charge in [-0.1, -0.05) is 17.7 Å². The molecule has 110 valence electrons. The van der Waals surface area contributed by atoms with Crippen LogP contribution in [0.1, 0.15) is 5.56 Å². The average Bonchev–Trinajstić information content (AvgIpc) is 2.43. The van der Waals surface area contributed by atoms with Crippen LogP contribution in [0, 0.1) is 6.92 Å². The van der Waals surface area contributed by atoms with Crippen LogP contribution in [0.2, 0.25) is 0 Å². The molecule has 0 fully saturated rings. The van der Waals surface area contributed by atoms with E-state index in [1.165, 1.54) is 12.1 Å². The fourth-order valence-electron chi connectivity index (χ4n) is 1.29. The predicted octanol–water partition coefficient (Wildman–Crippen LogP) is -0.164. The van der Waals surface area contributed by atoms with E-state index in [2.05, 4.69) is 14.5 Å². The molecule has 0 heterocycles. The lowest BCUT2D eigenvalue weighted by Crippen LogP contribution is -2.28. The van der Waals surface area contributed by atoms with Gasteiger partial charge in [0.2, 0.25) is 0 Å². The van der Waals surface area contributed by atoms with Gasteiger partial charge in [-0.2, -0.15) is 0 Å². The summed E-state index contributed by atoms with van der Waals surface area (Å²) in [7, 11) is -2.60. The minimum atomic E-state index is -3.75. The van der Waals surface area contributed by atoms with Crippen molar-refractivity contribution in [3.8, 4) is 0 Å². The van der Waals surface area contributed by atoms with E-state index >= 15 is 0 Å². The zero-order valence-electron chi connectivity index (χ0n) is 11.1. The van der Waals surface area contributed by atoms with Crippen LogP contribution in [0.4, 0.5) is 0 Å². The molecule has 0 aliphatic heterocycles. The number of sulfonamides is 1. The molecule has 0 saturated heterocycles. The highest BCUT2D eigenvalue weighted by molar-refractivity contribution is 7.90. The summed E-state index contributed by atoms with van der Waals surface area (Å²) >= 11 is 0. The monoisotopic (exact) mass is 300 g/mol. The molecule has 0 amide bonds. The molecule has 1 rings (SSSR count). The van der Waals surface area contributed by atoms with Crippen molar-refractivity contribution in [2.45, 2.75) is 17.9 Å². The lowest BCUT2D eigenvalue weighted by molar-refractivity contribution is -0.142. The van der Waals surface area contributed by atoms with Gasteiger partial charge in [-0.25, -0.2) is 13.2 Å². The van der Waals surface area contributed by atoms with Gasteiger partial charge >= 0.3 is 5.97 Å². The normalized spacial score (nSPS) is 13.2. The third kappa shape index (κ3) is 4.32. The first-order chi connectivity index (χ1) is 9.40. The summed E-state index contributed by atoms with van der Waals surface area (Å²) in [5, 5.41) is 8.91. The number of benzene rings is 1. The maximum absolute atomic E-state index is 11.9. The fourth-order valence-corrected chi connectivity index (χ4v) is 2.12. The van der Waals surface area contributed by atoms with Crippen LogP contribution in [-0.2, 0) is 19.6 Å². The first-order valence-corrected chi connectivity index (χ1v) is 7.18. The number of esters is 1. The molecular weight excluding hydrogens is 284 g/mol. The zero-order chi connectivity index (χ0) is 15.2. The van der Waals surface area contributed by atoms with E-state index in [0.29, 0.717) is 0 Å². The smallest absolute Gasteiger partial charge is 0.333 e.